The molecule has 0 spiro atoms. The Hall–Kier alpha value is -2.58. The monoisotopic (exact) mass is 358 g/mol. The number of nitrogens with zero attached hydrogens (tertiary/aromatic N) is 2. The van der Waals surface area contributed by atoms with Crippen LogP contribution in [0.5, 0.6) is 0 Å². The highest BCUT2D eigenvalue weighted by Gasteiger charge is 2.42. The van der Waals surface area contributed by atoms with E-state index in [0.717, 1.165) is 12.0 Å². The standard InChI is InChI=1S/C16H14F4N2O3/c17-11-5-1-3-9(7-11)10-4-2-6-22(8-10)15-21-13(16(18,19)20)12(25-15)14(23)24/h1,3,5,7,10H,2,4,6,8H2,(H,23,24). The van der Waals surface area contributed by atoms with Gasteiger partial charge < -0.3 is 14.4 Å². The van der Waals surface area contributed by atoms with E-state index in [1.165, 1.54) is 17.0 Å². The smallest absolute Gasteiger partial charge is 0.437 e. The molecule has 1 aliphatic rings. The number of carbonyl (C=O) groups is 1. The van der Waals surface area contributed by atoms with Gasteiger partial charge in [0.05, 0.1) is 0 Å². The molecule has 1 aliphatic heterocycles. The fraction of sp³-hybridized carbons (Fsp3) is 0.375. The molecule has 2 heterocycles. The first-order chi connectivity index (χ1) is 11.8. The van der Waals surface area contributed by atoms with E-state index >= 15 is 0 Å². The molecule has 25 heavy (non-hydrogen) atoms. The van der Waals surface area contributed by atoms with Crippen LogP contribution in [0.4, 0.5) is 23.6 Å². The van der Waals surface area contributed by atoms with Gasteiger partial charge in [-0.15, -0.1) is 0 Å². The zero-order valence-corrected chi connectivity index (χ0v) is 12.9. The molecule has 5 nitrogen and oxygen atoms in total. The Morgan fingerprint density at radius 2 is 2.12 bits per heavy atom. The lowest BCUT2D eigenvalue weighted by atomic mass is 9.91. The first-order valence-corrected chi connectivity index (χ1v) is 7.57. The Bertz CT molecular complexity index is 788. The zero-order valence-electron chi connectivity index (χ0n) is 12.9. The van der Waals surface area contributed by atoms with E-state index in [1.807, 2.05) is 0 Å². The van der Waals surface area contributed by atoms with E-state index in [4.69, 9.17) is 9.52 Å². The summed E-state index contributed by atoms with van der Waals surface area (Å²) in [6.45, 7) is 0.642. The molecule has 134 valence electrons. The van der Waals surface area contributed by atoms with Crippen LogP contribution < -0.4 is 4.90 Å². The van der Waals surface area contributed by atoms with E-state index in [0.29, 0.717) is 13.0 Å². The third-order valence-corrected chi connectivity index (χ3v) is 4.09. The van der Waals surface area contributed by atoms with Gasteiger partial charge in [-0.2, -0.15) is 18.2 Å². The molecule has 1 fully saturated rings. The Morgan fingerprint density at radius 1 is 1.36 bits per heavy atom. The SMILES string of the molecule is O=C(O)c1oc(N2CCCC(c3cccc(F)c3)C2)nc1C(F)(F)F. The number of aromatic nitrogens is 1. The van der Waals surface area contributed by atoms with Crippen LogP contribution in [0.2, 0.25) is 0 Å². The summed E-state index contributed by atoms with van der Waals surface area (Å²) >= 11 is 0. The number of hydrogen-bond acceptors (Lipinski definition) is 4. The summed E-state index contributed by atoms with van der Waals surface area (Å²) < 4.78 is 57.0. The predicted molar refractivity (Wildman–Crippen MR) is 79.1 cm³/mol. The number of piperidine rings is 1. The molecular weight excluding hydrogens is 344 g/mol. The van der Waals surface area contributed by atoms with Crippen LogP contribution in [0, 0.1) is 5.82 Å². The van der Waals surface area contributed by atoms with E-state index in [9.17, 15) is 22.4 Å². The first-order valence-electron chi connectivity index (χ1n) is 7.57. The van der Waals surface area contributed by atoms with Crippen LogP contribution in [-0.2, 0) is 6.18 Å². The number of carboxylic acids is 1. The number of alkyl halides is 3. The van der Waals surface area contributed by atoms with Crippen LogP contribution in [0.25, 0.3) is 0 Å². The van der Waals surface area contributed by atoms with Gasteiger partial charge in [-0.05, 0) is 30.5 Å². The molecule has 0 bridgehead atoms. The molecule has 0 aliphatic carbocycles. The molecule has 1 saturated heterocycles. The fourth-order valence-electron chi connectivity index (χ4n) is 2.96. The number of rotatable bonds is 3. The predicted octanol–water partition coefficient (Wildman–Crippen LogP) is 3.91. The molecule has 9 heteroatoms. The summed E-state index contributed by atoms with van der Waals surface area (Å²) in [6, 6.07) is 5.63. The van der Waals surface area contributed by atoms with Crippen molar-refractivity contribution in [1.82, 2.24) is 4.98 Å². The van der Waals surface area contributed by atoms with Gasteiger partial charge in [0.2, 0.25) is 5.76 Å². The highest BCUT2D eigenvalue weighted by Crippen LogP contribution is 2.36. The van der Waals surface area contributed by atoms with Crippen molar-refractivity contribution < 1.29 is 31.9 Å². The third-order valence-electron chi connectivity index (χ3n) is 4.09. The van der Waals surface area contributed by atoms with Crippen molar-refractivity contribution in [3.05, 3.63) is 47.1 Å². The second kappa shape index (κ2) is 6.38. The molecule has 1 atom stereocenters. The quantitative estimate of drug-likeness (QED) is 0.843. The van der Waals surface area contributed by atoms with Crippen molar-refractivity contribution in [3.63, 3.8) is 0 Å². The van der Waals surface area contributed by atoms with Crippen molar-refractivity contribution in [2.24, 2.45) is 0 Å². The van der Waals surface area contributed by atoms with Gasteiger partial charge in [-0.25, -0.2) is 9.18 Å². The molecule has 1 N–H and O–H groups in total. The molecule has 0 amide bonds. The Labute approximate surface area is 139 Å². The topological polar surface area (TPSA) is 66.6 Å². The van der Waals surface area contributed by atoms with Gasteiger partial charge in [0.1, 0.15) is 5.82 Å². The number of oxazole rings is 1. The summed E-state index contributed by atoms with van der Waals surface area (Å²) in [6.07, 6.45) is -3.56. The van der Waals surface area contributed by atoms with Crippen molar-refractivity contribution in [1.29, 1.82) is 0 Å². The maximum absolute atomic E-state index is 13.4. The first kappa shape index (κ1) is 17.2. The normalized spacial score (nSPS) is 18.4. The van der Waals surface area contributed by atoms with Gasteiger partial charge in [0.15, 0.2) is 5.69 Å². The Morgan fingerprint density at radius 3 is 2.72 bits per heavy atom. The van der Waals surface area contributed by atoms with Crippen LogP contribution in [-0.4, -0.2) is 29.1 Å². The molecule has 0 saturated carbocycles. The molecular formula is C16H14F4N2O3. The molecule has 1 aromatic heterocycles. The maximum Gasteiger partial charge on any atom is 0.437 e. The van der Waals surface area contributed by atoms with Crippen LogP contribution in [0.1, 0.15) is 40.6 Å². The van der Waals surface area contributed by atoms with Gasteiger partial charge in [0.25, 0.3) is 6.01 Å². The number of benzene rings is 1. The highest BCUT2D eigenvalue weighted by atomic mass is 19.4. The van der Waals surface area contributed by atoms with Crippen LogP contribution in [0.15, 0.2) is 28.7 Å². The molecule has 3 rings (SSSR count). The number of hydrogen-bond donors (Lipinski definition) is 1. The Kier molecular flexibility index (Phi) is 4.40. The molecule has 1 aromatic carbocycles. The van der Waals surface area contributed by atoms with Crippen molar-refractivity contribution >= 4 is 12.0 Å². The van der Waals surface area contributed by atoms with Gasteiger partial charge in [0, 0.05) is 19.0 Å². The number of halogens is 4. The van der Waals surface area contributed by atoms with E-state index in [1.54, 1.807) is 12.1 Å². The average molecular weight is 358 g/mol. The van der Waals surface area contributed by atoms with Crippen LogP contribution >= 0.6 is 0 Å². The summed E-state index contributed by atoms with van der Waals surface area (Å²) in [4.78, 5) is 15.8. The minimum Gasteiger partial charge on any atom is -0.475 e. The lowest BCUT2D eigenvalue weighted by Gasteiger charge is -2.31. The fourth-order valence-corrected chi connectivity index (χ4v) is 2.96. The number of aromatic carboxylic acids is 1. The van der Waals surface area contributed by atoms with E-state index < -0.39 is 29.4 Å². The van der Waals surface area contributed by atoms with Gasteiger partial charge >= 0.3 is 12.1 Å². The van der Waals surface area contributed by atoms with Crippen LogP contribution in [0.3, 0.4) is 0 Å². The second-order valence-corrected chi connectivity index (χ2v) is 5.82. The molecule has 2 aromatic rings. The molecule has 0 radical (unpaired) electrons. The minimum atomic E-state index is -4.92. The zero-order chi connectivity index (χ0) is 18.2. The summed E-state index contributed by atoms with van der Waals surface area (Å²) in [5, 5.41) is 8.91. The summed E-state index contributed by atoms with van der Waals surface area (Å²) in [5.41, 5.74) is -0.825. The van der Waals surface area contributed by atoms with Crippen molar-refractivity contribution in [2.75, 3.05) is 18.0 Å². The van der Waals surface area contributed by atoms with E-state index in [2.05, 4.69) is 4.98 Å². The Balaban J connectivity index is 1.88. The number of carboxylic acid groups (broad SMARTS) is 1. The average Bonchev–Trinajstić information content (AvgIpc) is 3.01. The molecule has 1 unspecified atom stereocenters. The van der Waals surface area contributed by atoms with E-state index in [-0.39, 0.29) is 18.5 Å². The van der Waals surface area contributed by atoms with Gasteiger partial charge in [-0.3, -0.25) is 0 Å². The number of anilines is 1. The lowest BCUT2D eigenvalue weighted by Crippen LogP contribution is -2.34. The lowest BCUT2D eigenvalue weighted by molar-refractivity contribution is -0.141. The minimum absolute atomic E-state index is 0.112. The van der Waals surface area contributed by atoms with Crippen molar-refractivity contribution in [3.8, 4) is 0 Å². The third kappa shape index (κ3) is 3.59. The summed E-state index contributed by atoms with van der Waals surface area (Å²) in [7, 11) is 0. The van der Waals surface area contributed by atoms with Crippen molar-refractivity contribution in [2.45, 2.75) is 24.9 Å². The summed E-state index contributed by atoms with van der Waals surface area (Å²) in [5.74, 6) is -3.56. The maximum atomic E-state index is 13.4. The van der Waals surface area contributed by atoms with Gasteiger partial charge in [-0.1, -0.05) is 12.1 Å². The second-order valence-electron chi connectivity index (χ2n) is 5.82. The highest BCUT2D eigenvalue weighted by molar-refractivity contribution is 5.86. The largest absolute Gasteiger partial charge is 0.475 e.